The summed E-state index contributed by atoms with van der Waals surface area (Å²) in [5, 5.41) is 3.14. The van der Waals surface area contributed by atoms with Gasteiger partial charge in [-0.3, -0.25) is 14.4 Å². The van der Waals surface area contributed by atoms with Gasteiger partial charge in [0, 0.05) is 17.0 Å². The number of halogens is 2. The molecule has 0 fully saturated rings. The lowest BCUT2D eigenvalue weighted by atomic mass is 10.1. The standard InChI is InChI=1S/C20H19ClFNO5/c21-15-3-7-17(8-4-15)27-12-11-23-19(25)13-28-20(26)10-9-18(24)14-1-5-16(22)6-2-14/h1-8H,9-13H2,(H,23,25). The van der Waals surface area contributed by atoms with Crippen molar-refractivity contribution in [2.75, 3.05) is 19.8 Å². The molecule has 0 spiro atoms. The second kappa shape index (κ2) is 11.0. The molecule has 2 rings (SSSR count). The van der Waals surface area contributed by atoms with Crippen LogP contribution < -0.4 is 10.1 Å². The molecule has 148 valence electrons. The van der Waals surface area contributed by atoms with Crippen LogP contribution in [-0.2, 0) is 14.3 Å². The number of Topliss-reactive ketones (excluding diaryl/α,β-unsaturated/α-hetero) is 1. The second-order valence-corrected chi connectivity index (χ2v) is 6.18. The maximum atomic E-state index is 12.8. The third kappa shape index (κ3) is 7.75. The van der Waals surface area contributed by atoms with Crippen molar-refractivity contribution in [2.24, 2.45) is 0 Å². The number of hydrogen-bond donors (Lipinski definition) is 1. The first-order valence-electron chi connectivity index (χ1n) is 8.53. The topological polar surface area (TPSA) is 81.7 Å². The van der Waals surface area contributed by atoms with Crippen LogP contribution in [0.15, 0.2) is 48.5 Å². The van der Waals surface area contributed by atoms with Crippen LogP contribution in [0.1, 0.15) is 23.2 Å². The maximum absolute atomic E-state index is 12.8. The summed E-state index contributed by atoms with van der Waals surface area (Å²) in [6.07, 6.45) is -0.246. The van der Waals surface area contributed by atoms with Crippen molar-refractivity contribution in [2.45, 2.75) is 12.8 Å². The Labute approximate surface area is 166 Å². The summed E-state index contributed by atoms with van der Waals surface area (Å²) >= 11 is 5.77. The number of carbonyl (C=O) groups is 3. The number of ether oxygens (including phenoxy) is 2. The highest BCUT2D eigenvalue weighted by atomic mass is 35.5. The molecule has 2 aromatic carbocycles. The number of amides is 1. The predicted octanol–water partition coefficient (Wildman–Crippen LogP) is 3.18. The average molecular weight is 408 g/mol. The molecule has 0 aliphatic heterocycles. The van der Waals surface area contributed by atoms with Crippen molar-refractivity contribution < 1.29 is 28.2 Å². The van der Waals surface area contributed by atoms with Gasteiger partial charge in [0.1, 0.15) is 18.2 Å². The highest BCUT2D eigenvalue weighted by molar-refractivity contribution is 6.30. The van der Waals surface area contributed by atoms with Crippen molar-refractivity contribution >= 4 is 29.3 Å². The Bertz CT molecular complexity index is 808. The lowest BCUT2D eigenvalue weighted by Gasteiger charge is -2.08. The van der Waals surface area contributed by atoms with E-state index in [9.17, 15) is 18.8 Å². The van der Waals surface area contributed by atoms with E-state index in [2.05, 4.69) is 5.32 Å². The summed E-state index contributed by atoms with van der Waals surface area (Å²) < 4.78 is 23.0. The highest BCUT2D eigenvalue weighted by Gasteiger charge is 2.12. The van der Waals surface area contributed by atoms with Gasteiger partial charge in [0.25, 0.3) is 5.91 Å². The molecule has 1 amide bonds. The van der Waals surface area contributed by atoms with Crippen LogP contribution in [0, 0.1) is 5.82 Å². The molecule has 0 saturated carbocycles. The number of hydrogen-bond acceptors (Lipinski definition) is 5. The molecule has 0 aliphatic carbocycles. The van der Waals surface area contributed by atoms with Crippen LogP contribution in [0.4, 0.5) is 4.39 Å². The molecule has 0 unspecified atom stereocenters. The average Bonchev–Trinajstić information content (AvgIpc) is 2.69. The Balaban J connectivity index is 1.57. The van der Waals surface area contributed by atoms with Gasteiger partial charge in [-0.05, 0) is 48.5 Å². The molecule has 2 aromatic rings. The molecule has 0 atom stereocenters. The summed E-state index contributed by atoms with van der Waals surface area (Å²) in [5.41, 5.74) is 0.313. The van der Waals surface area contributed by atoms with E-state index in [4.69, 9.17) is 21.1 Å². The number of benzene rings is 2. The monoisotopic (exact) mass is 407 g/mol. The first-order chi connectivity index (χ1) is 13.4. The fourth-order valence-corrected chi connectivity index (χ4v) is 2.28. The second-order valence-electron chi connectivity index (χ2n) is 5.74. The van der Waals surface area contributed by atoms with Gasteiger partial charge >= 0.3 is 5.97 Å². The van der Waals surface area contributed by atoms with Crippen LogP contribution in [-0.4, -0.2) is 37.4 Å². The fourth-order valence-electron chi connectivity index (χ4n) is 2.16. The van der Waals surface area contributed by atoms with Gasteiger partial charge in [-0.25, -0.2) is 4.39 Å². The van der Waals surface area contributed by atoms with Crippen molar-refractivity contribution in [3.8, 4) is 5.75 Å². The van der Waals surface area contributed by atoms with E-state index in [1.54, 1.807) is 24.3 Å². The SMILES string of the molecule is O=C(COC(=O)CCC(=O)c1ccc(F)cc1)NCCOc1ccc(Cl)cc1. The Kier molecular flexibility index (Phi) is 8.42. The van der Waals surface area contributed by atoms with Gasteiger partial charge in [0.15, 0.2) is 12.4 Å². The molecule has 1 N–H and O–H groups in total. The number of esters is 1. The smallest absolute Gasteiger partial charge is 0.306 e. The normalized spacial score (nSPS) is 10.2. The predicted molar refractivity (Wildman–Crippen MR) is 101 cm³/mol. The van der Waals surface area contributed by atoms with Gasteiger partial charge in [0.2, 0.25) is 0 Å². The molecular weight excluding hydrogens is 389 g/mol. The molecule has 28 heavy (non-hydrogen) atoms. The number of nitrogens with one attached hydrogen (secondary N) is 1. The number of ketones is 1. The minimum absolute atomic E-state index is 0.0823. The minimum atomic E-state index is -0.664. The third-order valence-corrected chi connectivity index (χ3v) is 3.85. The van der Waals surface area contributed by atoms with Crippen LogP contribution in [0.2, 0.25) is 5.02 Å². The van der Waals surface area contributed by atoms with Gasteiger partial charge in [0.05, 0.1) is 13.0 Å². The molecular formula is C20H19ClFNO5. The first-order valence-corrected chi connectivity index (χ1v) is 8.91. The Hall–Kier alpha value is -2.93. The van der Waals surface area contributed by atoms with Crippen LogP contribution in [0.3, 0.4) is 0 Å². The number of rotatable bonds is 10. The lowest BCUT2D eigenvalue weighted by Crippen LogP contribution is -2.32. The highest BCUT2D eigenvalue weighted by Crippen LogP contribution is 2.15. The zero-order chi connectivity index (χ0) is 20.4. The summed E-state index contributed by atoms with van der Waals surface area (Å²) in [7, 11) is 0. The van der Waals surface area contributed by atoms with Gasteiger partial charge in [-0.1, -0.05) is 11.6 Å². The van der Waals surface area contributed by atoms with E-state index in [-0.39, 0.29) is 31.8 Å². The Morgan fingerprint density at radius 3 is 2.32 bits per heavy atom. The Morgan fingerprint density at radius 2 is 1.64 bits per heavy atom. The van der Waals surface area contributed by atoms with Gasteiger partial charge in [-0.15, -0.1) is 0 Å². The molecule has 0 aromatic heterocycles. The first kappa shape index (κ1) is 21.4. The molecule has 8 heteroatoms. The van der Waals surface area contributed by atoms with E-state index < -0.39 is 24.3 Å². The summed E-state index contributed by atoms with van der Waals surface area (Å²) in [6.45, 7) is 0.0417. The van der Waals surface area contributed by atoms with E-state index in [0.29, 0.717) is 16.3 Å². The molecule has 0 radical (unpaired) electrons. The number of carbonyl (C=O) groups excluding carboxylic acids is 3. The van der Waals surface area contributed by atoms with Crippen molar-refractivity contribution in [3.63, 3.8) is 0 Å². The summed E-state index contributed by atoms with van der Waals surface area (Å²) in [6, 6.07) is 11.8. The van der Waals surface area contributed by atoms with Crippen molar-refractivity contribution in [1.82, 2.24) is 5.32 Å². The van der Waals surface area contributed by atoms with E-state index in [0.717, 1.165) is 0 Å². The largest absolute Gasteiger partial charge is 0.492 e. The van der Waals surface area contributed by atoms with E-state index in [1.807, 2.05) is 0 Å². The van der Waals surface area contributed by atoms with Crippen molar-refractivity contribution in [1.29, 1.82) is 0 Å². The third-order valence-electron chi connectivity index (χ3n) is 3.59. The molecule has 0 aliphatic rings. The van der Waals surface area contributed by atoms with Crippen LogP contribution >= 0.6 is 11.6 Å². The zero-order valence-corrected chi connectivity index (χ0v) is 15.7. The molecule has 6 nitrogen and oxygen atoms in total. The lowest BCUT2D eigenvalue weighted by molar-refractivity contribution is -0.148. The molecule has 0 saturated heterocycles. The van der Waals surface area contributed by atoms with Gasteiger partial charge < -0.3 is 14.8 Å². The van der Waals surface area contributed by atoms with E-state index >= 15 is 0 Å². The zero-order valence-electron chi connectivity index (χ0n) is 15.0. The fraction of sp³-hybridized carbons (Fsp3) is 0.250. The van der Waals surface area contributed by atoms with Crippen LogP contribution in [0.25, 0.3) is 0 Å². The Morgan fingerprint density at radius 1 is 0.964 bits per heavy atom. The van der Waals surface area contributed by atoms with Crippen LogP contribution in [0.5, 0.6) is 5.75 Å². The summed E-state index contributed by atoms with van der Waals surface area (Å²) in [5.74, 6) is -1.27. The van der Waals surface area contributed by atoms with E-state index in [1.165, 1.54) is 24.3 Å². The van der Waals surface area contributed by atoms with Crippen molar-refractivity contribution in [3.05, 3.63) is 64.9 Å². The van der Waals surface area contributed by atoms with Gasteiger partial charge in [-0.2, -0.15) is 0 Å². The quantitative estimate of drug-likeness (QED) is 0.371. The molecule has 0 bridgehead atoms. The summed E-state index contributed by atoms with van der Waals surface area (Å²) in [4.78, 5) is 35.1. The minimum Gasteiger partial charge on any atom is -0.492 e. The maximum Gasteiger partial charge on any atom is 0.306 e. The molecule has 0 heterocycles.